The Labute approximate surface area is 441 Å². The SMILES string of the molecule is Brc1ccc(-c2ccc(-n3c(-c4ccccc4)c(-c4ccccc4)c4ccccc43)cc2)cc1.Brc1ccc(-c2ccc(I)cc2)cc1.C.c1ccc(-c2[nH]c3ccccc3c2-c2ccccc2)cc1. The van der Waals surface area contributed by atoms with Crippen LogP contribution in [0.2, 0.25) is 0 Å². The molecule has 0 radical (unpaired) electrons. The molecule has 0 spiro atoms. The van der Waals surface area contributed by atoms with E-state index in [2.05, 4.69) is 325 Å². The van der Waals surface area contributed by atoms with E-state index >= 15 is 0 Å². The molecule has 0 saturated heterocycles. The Morgan fingerprint density at radius 1 is 0.329 bits per heavy atom. The number of hydrogen-bond acceptors (Lipinski definition) is 0. The van der Waals surface area contributed by atoms with Crippen LogP contribution in [-0.2, 0) is 0 Å². The predicted octanol–water partition coefficient (Wildman–Crippen LogP) is 20.3. The van der Waals surface area contributed by atoms with Crippen LogP contribution in [0.1, 0.15) is 7.43 Å². The Hall–Kier alpha value is -7.03. The van der Waals surface area contributed by atoms with Gasteiger partial charge in [0.15, 0.2) is 0 Å². The molecule has 2 nitrogen and oxygen atoms in total. The van der Waals surface area contributed by atoms with Crippen LogP contribution in [0.25, 0.3) is 94.5 Å². The lowest BCUT2D eigenvalue weighted by Gasteiger charge is -2.14. The number of nitrogens with zero attached hydrogens (tertiary/aromatic N) is 1. The average molecular weight is 1140 g/mol. The molecule has 0 aliphatic carbocycles. The van der Waals surface area contributed by atoms with Gasteiger partial charge in [0.25, 0.3) is 0 Å². The van der Waals surface area contributed by atoms with E-state index in [0.29, 0.717) is 0 Å². The van der Waals surface area contributed by atoms with Gasteiger partial charge < -0.3 is 9.55 Å². The highest BCUT2D eigenvalue weighted by molar-refractivity contribution is 14.1. The van der Waals surface area contributed by atoms with Gasteiger partial charge in [-0.25, -0.2) is 0 Å². The molecule has 70 heavy (non-hydrogen) atoms. The van der Waals surface area contributed by atoms with Gasteiger partial charge in [0.2, 0.25) is 0 Å². The Balaban J connectivity index is 0.000000144. The normalized spacial score (nSPS) is 10.7. The second kappa shape index (κ2) is 22.6. The molecule has 0 bridgehead atoms. The molecule has 12 rings (SSSR count). The van der Waals surface area contributed by atoms with Gasteiger partial charge in [-0.05, 0) is 128 Å². The zero-order valence-electron chi connectivity index (χ0n) is 37.5. The van der Waals surface area contributed by atoms with E-state index in [1.54, 1.807) is 0 Å². The number of fused-ring (bicyclic) bond motifs is 2. The van der Waals surface area contributed by atoms with E-state index in [0.717, 1.165) is 14.6 Å². The maximum Gasteiger partial charge on any atom is 0.0619 e. The largest absolute Gasteiger partial charge is 0.354 e. The summed E-state index contributed by atoms with van der Waals surface area (Å²) in [5, 5.41) is 2.52. The van der Waals surface area contributed by atoms with Crippen LogP contribution >= 0.6 is 54.5 Å². The molecule has 340 valence electrons. The highest BCUT2D eigenvalue weighted by atomic mass is 127. The van der Waals surface area contributed by atoms with Gasteiger partial charge in [-0.1, -0.05) is 246 Å². The number of benzene rings is 10. The first-order chi connectivity index (χ1) is 34.0. The quantitative estimate of drug-likeness (QED) is 0.154. The smallest absolute Gasteiger partial charge is 0.0619 e. The summed E-state index contributed by atoms with van der Waals surface area (Å²) in [4.78, 5) is 3.58. The first-order valence-electron chi connectivity index (χ1n) is 22.8. The van der Waals surface area contributed by atoms with Crippen molar-refractivity contribution in [3.05, 3.63) is 279 Å². The Bertz CT molecular complexity index is 3530. The van der Waals surface area contributed by atoms with Crippen molar-refractivity contribution < 1.29 is 0 Å². The van der Waals surface area contributed by atoms with Gasteiger partial charge in [-0.15, -0.1) is 0 Å². The highest BCUT2D eigenvalue weighted by Gasteiger charge is 2.21. The summed E-state index contributed by atoms with van der Waals surface area (Å²) in [6.07, 6.45) is 0. The van der Waals surface area contributed by atoms with Crippen LogP contribution in [-0.4, -0.2) is 9.55 Å². The Kier molecular flexibility index (Phi) is 15.5. The van der Waals surface area contributed by atoms with E-state index in [-0.39, 0.29) is 7.43 Å². The minimum atomic E-state index is 0. The van der Waals surface area contributed by atoms with Crippen molar-refractivity contribution in [1.82, 2.24) is 9.55 Å². The second-order valence-electron chi connectivity index (χ2n) is 16.5. The molecule has 0 aliphatic rings. The molecule has 1 N–H and O–H groups in total. The molecule has 5 heteroatoms. The molecule has 2 aromatic heterocycles. The third kappa shape index (κ3) is 10.7. The van der Waals surface area contributed by atoms with E-state index in [1.807, 2.05) is 6.07 Å². The van der Waals surface area contributed by atoms with E-state index in [9.17, 15) is 0 Å². The molecule has 0 fully saturated rings. The first-order valence-corrected chi connectivity index (χ1v) is 25.5. The monoisotopic (exact) mass is 1140 g/mol. The van der Waals surface area contributed by atoms with Crippen molar-refractivity contribution in [2.45, 2.75) is 7.43 Å². The zero-order valence-corrected chi connectivity index (χ0v) is 42.8. The van der Waals surface area contributed by atoms with E-state index in [4.69, 9.17) is 0 Å². The lowest BCUT2D eigenvalue weighted by molar-refractivity contribution is 1.14. The van der Waals surface area contributed by atoms with Crippen molar-refractivity contribution in [2.24, 2.45) is 0 Å². The van der Waals surface area contributed by atoms with Gasteiger partial charge in [-0.3, -0.25) is 0 Å². The number of nitrogens with one attached hydrogen (secondary N) is 1. The minimum absolute atomic E-state index is 0. The van der Waals surface area contributed by atoms with Crippen molar-refractivity contribution in [2.75, 3.05) is 0 Å². The molecule has 2 heterocycles. The molecule has 12 aromatic rings. The van der Waals surface area contributed by atoms with E-state index < -0.39 is 0 Å². The summed E-state index contributed by atoms with van der Waals surface area (Å²) in [5.41, 5.74) is 18.3. The number of aromatic nitrogens is 2. The van der Waals surface area contributed by atoms with Gasteiger partial charge in [-0.2, -0.15) is 0 Å². The Morgan fingerprint density at radius 2 is 0.714 bits per heavy atom. The number of H-pyrrole nitrogens is 1. The molecule has 0 amide bonds. The fraction of sp³-hybridized carbons (Fsp3) is 0.0154. The van der Waals surface area contributed by atoms with Crippen LogP contribution in [0, 0.1) is 3.57 Å². The summed E-state index contributed by atoms with van der Waals surface area (Å²) in [7, 11) is 0. The third-order valence-corrected chi connectivity index (χ3v) is 13.9. The highest BCUT2D eigenvalue weighted by Crippen LogP contribution is 2.43. The van der Waals surface area contributed by atoms with Crippen LogP contribution in [0.3, 0.4) is 0 Å². The maximum atomic E-state index is 3.58. The molecular weight excluding hydrogens is 1100 g/mol. The number of para-hydroxylation sites is 2. The molecule has 0 saturated carbocycles. The van der Waals surface area contributed by atoms with Gasteiger partial charge in [0, 0.05) is 45.6 Å². The summed E-state index contributed by atoms with van der Waals surface area (Å²) < 4.78 is 5.88. The lowest BCUT2D eigenvalue weighted by Crippen LogP contribution is -1.97. The summed E-state index contributed by atoms with van der Waals surface area (Å²) in [6.45, 7) is 0. The van der Waals surface area contributed by atoms with Crippen LogP contribution in [0.5, 0.6) is 0 Å². The lowest BCUT2D eigenvalue weighted by atomic mass is 9.98. The minimum Gasteiger partial charge on any atom is -0.354 e. The van der Waals surface area contributed by atoms with Crippen molar-refractivity contribution in [3.63, 3.8) is 0 Å². The molecular formula is C65H49Br2IN2. The fourth-order valence-electron chi connectivity index (χ4n) is 8.87. The van der Waals surface area contributed by atoms with Crippen LogP contribution in [0.4, 0.5) is 0 Å². The number of halogens is 3. The summed E-state index contributed by atoms with van der Waals surface area (Å²) >= 11 is 9.27. The average Bonchev–Trinajstić information content (AvgIpc) is 3.98. The van der Waals surface area contributed by atoms with E-state index in [1.165, 1.54) is 92.4 Å². The molecule has 0 unspecified atom stereocenters. The third-order valence-electron chi connectivity index (χ3n) is 12.1. The molecule has 0 aliphatic heterocycles. The van der Waals surface area contributed by atoms with Crippen LogP contribution < -0.4 is 0 Å². The second-order valence-corrected chi connectivity index (χ2v) is 19.6. The summed E-state index contributed by atoms with van der Waals surface area (Å²) in [5.74, 6) is 0. The maximum absolute atomic E-state index is 3.58. The van der Waals surface area contributed by atoms with Gasteiger partial charge in [0.1, 0.15) is 0 Å². The Morgan fingerprint density at radius 3 is 1.23 bits per heavy atom. The van der Waals surface area contributed by atoms with Crippen molar-refractivity contribution in [3.8, 4) is 72.7 Å². The predicted molar refractivity (Wildman–Crippen MR) is 315 cm³/mol. The fourth-order valence-corrected chi connectivity index (χ4v) is 9.76. The van der Waals surface area contributed by atoms with Crippen LogP contribution in [0.15, 0.2) is 276 Å². The van der Waals surface area contributed by atoms with Gasteiger partial charge >= 0.3 is 0 Å². The topological polar surface area (TPSA) is 20.7 Å². The van der Waals surface area contributed by atoms with Gasteiger partial charge in [0.05, 0.1) is 16.9 Å². The zero-order chi connectivity index (χ0) is 46.9. The number of hydrogen-bond donors (Lipinski definition) is 1. The molecule has 10 aromatic carbocycles. The summed E-state index contributed by atoms with van der Waals surface area (Å²) in [6, 6.07) is 93.9. The number of rotatable bonds is 7. The molecule has 0 atom stereocenters. The number of aromatic amines is 1. The first kappa shape index (κ1) is 48.0. The van der Waals surface area contributed by atoms with Crippen molar-refractivity contribution >= 4 is 76.3 Å². The standard InChI is InChI=1S/C32H22BrN.C20H15N.C12H8BrI.CH4/c33-27-19-15-23(16-20-27)24-17-21-28(22-18-24)34-30-14-8-7-13-29(30)31(25-9-3-1-4-10-25)32(34)26-11-5-2-6-12-26;1-3-9-15(10-4-1)19-17-13-7-8-14-18(17)21-20(19)16-11-5-2-6-12-16;13-11-5-1-9(2-6-11)10-3-7-12(14)8-4-10;/h1-22H;1-14,21H;1-8H;1H4. The van der Waals surface area contributed by atoms with Crippen molar-refractivity contribution in [1.29, 1.82) is 0 Å².